The predicted octanol–water partition coefficient (Wildman–Crippen LogP) is -0.532. The van der Waals surface area contributed by atoms with Gasteiger partial charge in [-0.3, -0.25) is 19.4 Å². The standard InChI is InChI=1S/C17H22N6O4/c1-10-4-6-12(7-5-10)27-9-11(24)8-23-13-14(19-16(23)20-18)21(2)17(26)22(3)15(13)25/h4-7,11,24H,8-9,18H2,1-3H3,(H,19,20)/t11-/m0/s1. The van der Waals surface area contributed by atoms with E-state index in [9.17, 15) is 14.7 Å². The second kappa shape index (κ2) is 7.25. The van der Waals surface area contributed by atoms with Gasteiger partial charge in [-0.2, -0.15) is 4.98 Å². The zero-order valence-electron chi connectivity index (χ0n) is 15.3. The summed E-state index contributed by atoms with van der Waals surface area (Å²) >= 11 is 0. The molecule has 10 heteroatoms. The number of nitrogens with zero attached hydrogens (tertiary/aromatic N) is 4. The molecule has 1 aromatic carbocycles. The first-order chi connectivity index (χ1) is 12.8. The molecule has 10 nitrogen and oxygen atoms in total. The fourth-order valence-electron chi connectivity index (χ4n) is 2.82. The van der Waals surface area contributed by atoms with Crippen LogP contribution in [-0.4, -0.2) is 36.5 Å². The molecule has 144 valence electrons. The van der Waals surface area contributed by atoms with Crippen LogP contribution in [-0.2, 0) is 20.6 Å². The predicted molar refractivity (Wildman–Crippen MR) is 101 cm³/mol. The Labute approximate surface area is 154 Å². The number of nitrogen functional groups attached to an aromatic ring is 1. The minimum Gasteiger partial charge on any atom is -0.491 e. The third kappa shape index (κ3) is 3.44. The Kier molecular flexibility index (Phi) is 5.02. The van der Waals surface area contributed by atoms with Crippen LogP contribution >= 0.6 is 0 Å². The molecule has 4 N–H and O–H groups in total. The molecule has 0 fully saturated rings. The zero-order chi connectivity index (χ0) is 19.7. The maximum atomic E-state index is 12.6. The number of fused-ring (bicyclic) bond motifs is 1. The third-order valence-electron chi connectivity index (χ3n) is 4.33. The summed E-state index contributed by atoms with van der Waals surface area (Å²) in [6.45, 7) is 1.99. The van der Waals surface area contributed by atoms with Crippen molar-refractivity contribution in [1.82, 2.24) is 18.7 Å². The van der Waals surface area contributed by atoms with Gasteiger partial charge in [0.05, 0.1) is 6.54 Å². The van der Waals surface area contributed by atoms with Gasteiger partial charge in [-0.1, -0.05) is 17.7 Å². The number of ether oxygens (including phenoxy) is 1. The summed E-state index contributed by atoms with van der Waals surface area (Å²) in [4.78, 5) is 28.8. The van der Waals surface area contributed by atoms with E-state index < -0.39 is 17.4 Å². The smallest absolute Gasteiger partial charge is 0.332 e. The number of aryl methyl sites for hydroxylation is 2. The Hall–Kier alpha value is -3.11. The van der Waals surface area contributed by atoms with Crippen molar-refractivity contribution >= 4 is 17.1 Å². The van der Waals surface area contributed by atoms with Gasteiger partial charge in [-0.05, 0) is 19.1 Å². The van der Waals surface area contributed by atoms with Crippen molar-refractivity contribution in [3.8, 4) is 5.75 Å². The van der Waals surface area contributed by atoms with E-state index in [0.29, 0.717) is 5.75 Å². The summed E-state index contributed by atoms with van der Waals surface area (Å²) in [6, 6.07) is 7.44. The summed E-state index contributed by atoms with van der Waals surface area (Å²) in [5.74, 6) is 6.30. The number of nitrogens with two attached hydrogens (primary N) is 1. The fraction of sp³-hybridized carbons (Fsp3) is 0.353. The van der Waals surface area contributed by atoms with Crippen LogP contribution in [0.3, 0.4) is 0 Å². The molecule has 1 atom stereocenters. The molecule has 0 amide bonds. The number of hydrazine groups is 1. The lowest BCUT2D eigenvalue weighted by atomic mass is 10.2. The number of aliphatic hydroxyl groups is 1. The first-order valence-corrected chi connectivity index (χ1v) is 8.34. The second-order valence-electron chi connectivity index (χ2n) is 6.35. The molecule has 0 saturated carbocycles. The van der Waals surface area contributed by atoms with Crippen LogP contribution in [0, 0.1) is 6.92 Å². The van der Waals surface area contributed by atoms with Crippen LogP contribution < -0.4 is 27.3 Å². The Bertz CT molecular complexity index is 1080. The van der Waals surface area contributed by atoms with E-state index in [4.69, 9.17) is 10.6 Å². The zero-order valence-corrected chi connectivity index (χ0v) is 15.3. The van der Waals surface area contributed by atoms with Crippen LogP contribution in [0.4, 0.5) is 5.95 Å². The first kappa shape index (κ1) is 18.7. The molecule has 0 unspecified atom stereocenters. The lowest BCUT2D eigenvalue weighted by molar-refractivity contribution is 0.0938. The highest BCUT2D eigenvalue weighted by Crippen LogP contribution is 2.16. The normalized spacial score (nSPS) is 12.3. The van der Waals surface area contributed by atoms with Crippen LogP contribution in [0.1, 0.15) is 5.56 Å². The van der Waals surface area contributed by atoms with Gasteiger partial charge >= 0.3 is 5.69 Å². The maximum Gasteiger partial charge on any atom is 0.332 e. The number of benzene rings is 1. The van der Waals surface area contributed by atoms with E-state index in [0.717, 1.165) is 10.1 Å². The van der Waals surface area contributed by atoms with Crippen molar-refractivity contribution in [2.75, 3.05) is 12.0 Å². The van der Waals surface area contributed by atoms with E-state index in [1.54, 1.807) is 0 Å². The molecule has 2 heterocycles. The molecule has 0 aliphatic rings. The molecule has 27 heavy (non-hydrogen) atoms. The first-order valence-electron chi connectivity index (χ1n) is 8.34. The van der Waals surface area contributed by atoms with E-state index in [1.165, 1.54) is 23.2 Å². The quantitative estimate of drug-likeness (QED) is 0.391. The highest BCUT2D eigenvalue weighted by Gasteiger charge is 2.20. The lowest BCUT2D eigenvalue weighted by Gasteiger charge is -2.15. The average molecular weight is 374 g/mol. The molecule has 0 aliphatic carbocycles. The Morgan fingerprint density at radius 3 is 2.52 bits per heavy atom. The molecule has 2 aromatic heterocycles. The molecular formula is C17H22N6O4. The van der Waals surface area contributed by atoms with Gasteiger partial charge in [-0.25, -0.2) is 10.6 Å². The van der Waals surface area contributed by atoms with Crippen molar-refractivity contribution in [3.05, 3.63) is 50.7 Å². The average Bonchev–Trinajstić information content (AvgIpc) is 3.02. The molecule has 3 aromatic rings. The van der Waals surface area contributed by atoms with E-state index in [-0.39, 0.29) is 30.3 Å². The summed E-state index contributed by atoms with van der Waals surface area (Å²) in [6.07, 6.45) is -0.933. The monoisotopic (exact) mass is 374 g/mol. The van der Waals surface area contributed by atoms with Crippen molar-refractivity contribution in [2.24, 2.45) is 19.9 Å². The molecule has 0 bridgehead atoms. The number of nitrogens with one attached hydrogen (secondary N) is 1. The van der Waals surface area contributed by atoms with Crippen molar-refractivity contribution in [2.45, 2.75) is 19.6 Å². The molecule has 3 rings (SSSR count). The fourth-order valence-corrected chi connectivity index (χ4v) is 2.82. The van der Waals surface area contributed by atoms with Crippen LogP contribution in [0.25, 0.3) is 11.2 Å². The number of aliphatic hydroxyl groups excluding tert-OH is 1. The minimum atomic E-state index is -0.933. The maximum absolute atomic E-state index is 12.6. The van der Waals surface area contributed by atoms with E-state index in [1.807, 2.05) is 31.2 Å². The van der Waals surface area contributed by atoms with Gasteiger partial charge in [0, 0.05) is 14.1 Å². The number of imidazole rings is 1. The Morgan fingerprint density at radius 1 is 1.22 bits per heavy atom. The van der Waals surface area contributed by atoms with Gasteiger partial charge in [0.25, 0.3) is 5.56 Å². The summed E-state index contributed by atoms with van der Waals surface area (Å²) in [7, 11) is 2.90. The highest BCUT2D eigenvalue weighted by atomic mass is 16.5. The molecule has 0 aliphatic heterocycles. The summed E-state index contributed by atoms with van der Waals surface area (Å²) in [5.41, 5.74) is 2.84. The van der Waals surface area contributed by atoms with Gasteiger partial charge in [-0.15, -0.1) is 0 Å². The number of hydrogen-bond donors (Lipinski definition) is 3. The minimum absolute atomic E-state index is 0.00926. The Balaban J connectivity index is 1.90. The Morgan fingerprint density at radius 2 is 1.89 bits per heavy atom. The molecule has 0 spiro atoms. The number of hydrogen-bond acceptors (Lipinski definition) is 7. The highest BCUT2D eigenvalue weighted by molar-refractivity contribution is 5.74. The van der Waals surface area contributed by atoms with Gasteiger partial charge in [0.2, 0.25) is 5.95 Å². The van der Waals surface area contributed by atoms with Gasteiger partial charge < -0.3 is 14.4 Å². The molecule has 0 saturated heterocycles. The SMILES string of the molecule is Cc1ccc(OC[C@@H](O)Cn2c(NN)nc3c2c(=O)n(C)c(=O)n3C)cc1. The van der Waals surface area contributed by atoms with Crippen molar-refractivity contribution in [1.29, 1.82) is 0 Å². The lowest BCUT2D eigenvalue weighted by Crippen LogP contribution is -2.38. The number of anilines is 1. The molecular weight excluding hydrogens is 352 g/mol. The largest absolute Gasteiger partial charge is 0.491 e. The third-order valence-corrected chi connectivity index (χ3v) is 4.33. The van der Waals surface area contributed by atoms with Gasteiger partial charge in [0.1, 0.15) is 18.5 Å². The van der Waals surface area contributed by atoms with Crippen molar-refractivity contribution in [3.63, 3.8) is 0 Å². The van der Waals surface area contributed by atoms with E-state index >= 15 is 0 Å². The topological polar surface area (TPSA) is 129 Å². The summed E-state index contributed by atoms with van der Waals surface area (Å²) < 4.78 is 9.26. The van der Waals surface area contributed by atoms with Crippen LogP contribution in [0.2, 0.25) is 0 Å². The van der Waals surface area contributed by atoms with Crippen LogP contribution in [0.15, 0.2) is 33.9 Å². The number of aromatic nitrogens is 4. The second-order valence-corrected chi connectivity index (χ2v) is 6.35. The van der Waals surface area contributed by atoms with Crippen LogP contribution in [0.5, 0.6) is 5.75 Å². The van der Waals surface area contributed by atoms with E-state index in [2.05, 4.69) is 10.4 Å². The number of rotatable bonds is 6. The van der Waals surface area contributed by atoms with Gasteiger partial charge in [0.15, 0.2) is 11.2 Å². The summed E-state index contributed by atoms with van der Waals surface area (Å²) in [5, 5.41) is 10.4. The van der Waals surface area contributed by atoms with Crippen molar-refractivity contribution < 1.29 is 9.84 Å². The molecule has 0 radical (unpaired) electrons.